The number of carbonyl (C=O) groups is 2. The molecule has 8 heteroatoms. The first-order chi connectivity index (χ1) is 15.3. The van der Waals surface area contributed by atoms with Gasteiger partial charge in [0.1, 0.15) is 0 Å². The molecule has 5 rings (SSSR count). The van der Waals surface area contributed by atoms with E-state index in [-0.39, 0.29) is 5.91 Å². The molecule has 164 valence electrons. The summed E-state index contributed by atoms with van der Waals surface area (Å²) in [5.74, 6) is -0.136. The maximum atomic E-state index is 12.7. The molecule has 1 aliphatic carbocycles. The standard InChI is InChI=1S/C24H25N5O3/c1-14-4-5-18(11-25-14)23-15(2)28(16(3)30)21-9-6-17(10-22(21)29(23)24(31)32)19-12-26-27(13-19)20-7-8-20/h4-6,9-13,15,20,23H,7-8H2,1-3H3,(H,31,32)/t15-,23?/m0/s1. The fraction of sp³-hybridized carbons (Fsp3) is 0.333. The van der Waals surface area contributed by atoms with Gasteiger partial charge in [-0.15, -0.1) is 0 Å². The van der Waals surface area contributed by atoms with Crippen molar-refractivity contribution in [2.75, 3.05) is 9.80 Å². The zero-order valence-electron chi connectivity index (χ0n) is 18.3. The van der Waals surface area contributed by atoms with E-state index >= 15 is 0 Å². The Hall–Kier alpha value is -3.68. The minimum Gasteiger partial charge on any atom is -0.465 e. The van der Waals surface area contributed by atoms with Crippen molar-refractivity contribution in [3.8, 4) is 11.1 Å². The molecule has 0 radical (unpaired) electrons. The molecule has 0 bridgehead atoms. The number of hydrogen-bond acceptors (Lipinski definition) is 4. The molecule has 1 fully saturated rings. The maximum absolute atomic E-state index is 12.7. The summed E-state index contributed by atoms with van der Waals surface area (Å²) in [6.45, 7) is 5.27. The molecule has 3 aromatic rings. The van der Waals surface area contributed by atoms with E-state index in [0.717, 1.165) is 35.2 Å². The van der Waals surface area contributed by atoms with Gasteiger partial charge in [-0.1, -0.05) is 12.1 Å². The number of aryl methyl sites for hydroxylation is 1. The summed E-state index contributed by atoms with van der Waals surface area (Å²) < 4.78 is 1.97. The first-order valence-corrected chi connectivity index (χ1v) is 10.8. The lowest BCUT2D eigenvalue weighted by Crippen LogP contribution is -2.53. The van der Waals surface area contributed by atoms with Gasteiger partial charge in [0.25, 0.3) is 0 Å². The summed E-state index contributed by atoms with van der Waals surface area (Å²) in [7, 11) is 0. The number of carboxylic acid groups (broad SMARTS) is 1. The van der Waals surface area contributed by atoms with Crippen LogP contribution in [0.1, 0.15) is 50.0 Å². The van der Waals surface area contributed by atoms with E-state index in [4.69, 9.17) is 0 Å². The van der Waals surface area contributed by atoms with Crippen molar-refractivity contribution in [3.63, 3.8) is 0 Å². The third kappa shape index (κ3) is 3.32. The van der Waals surface area contributed by atoms with Gasteiger partial charge in [0.05, 0.1) is 35.7 Å². The van der Waals surface area contributed by atoms with Crippen molar-refractivity contribution in [2.24, 2.45) is 0 Å². The van der Waals surface area contributed by atoms with E-state index in [1.54, 1.807) is 17.3 Å². The predicted molar refractivity (Wildman–Crippen MR) is 121 cm³/mol. The number of nitrogens with zero attached hydrogens (tertiary/aromatic N) is 5. The minimum atomic E-state index is -1.07. The number of hydrogen-bond donors (Lipinski definition) is 1. The van der Waals surface area contributed by atoms with Crippen LogP contribution >= 0.6 is 0 Å². The number of aromatic nitrogens is 3. The number of fused-ring (bicyclic) bond motifs is 1. The van der Waals surface area contributed by atoms with Crippen LogP contribution in [-0.2, 0) is 4.79 Å². The van der Waals surface area contributed by atoms with Crippen LogP contribution in [0.5, 0.6) is 0 Å². The van der Waals surface area contributed by atoms with Crippen LogP contribution in [0.4, 0.5) is 16.2 Å². The Balaban J connectivity index is 1.66. The van der Waals surface area contributed by atoms with Crippen LogP contribution in [0, 0.1) is 6.92 Å². The number of pyridine rings is 1. The average molecular weight is 431 g/mol. The van der Waals surface area contributed by atoms with E-state index in [9.17, 15) is 14.7 Å². The zero-order valence-corrected chi connectivity index (χ0v) is 18.3. The largest absolute Gasteiger partial charge is 0.465 e. The SMILES string of the molecule is CC(=O)N1c2ccc(-c3cnn(C4CC4)c3)cc2N(C(=O)O)C(c2ccc(C)nc2)[C@@H]1C. The molecule has 2 aromatic heterocycles. The molecule has 1 aromatic carbocycles. The van der Waals surface area contributed by atoms with Gasteiger partial charge in [-0.3, -0.25) is 19.4 Å². The van der Waals surface area contributed by atoms with Crippen LogP contribution < -0.4 is 9.80 Å². The summed E-state index contributed by atoms with van der Waals surface area (Å²) in [4.78, 5) is 32.6. The predicted octanol–water partition coefficient (Wildman–Crippen LogP) is 4.57. The molecular weight excluding hydrogens is 406 g/mol. The summed E-state index contributed by atoms with van der Waals surface area (Å²) in [6.07, 6.45) is 6.70. The molecule has 32 heavy (non-hydrogen) atoms. The quantitative estimate of drug-likeness (QED) is 0.656. The second-order valence-corrected chi connectivity index (χ2v) is 8.60. The number of rotatable bonds is 3. The Morgan fingerprint density at radius 1 is 1.03 bits per heavy atom. The smallest absolute Gasteiger partial charge is 0.412 e. The van der Waals surface area contributed by atoms with E-state index in [1.165, 1.54) is 11.8 Å². The normalized spacial score (nSPS) is 20.2. The van der Waals surface area contributed by atoms with Crippen molar-refractivity contribution in [1.82, 2.24) is 14.8 Å². The van der Waals surface area contributed by atoms with Crippen LogP contribution in [-0.4, -0.2) is 37.9 Å². The van der Waals surface area contributed by atoms with E-state index in [1.807, 2.05) is 55.1 Å². The van der Waals surface area contributed by atoms with Gasteiger partial charge in [-0.2, -0.15) is 5.10 Å². The first kappa shape index (κ1) is 20.2. The molecule has 2 atom stereocenters. The molecule has 2 amide bonds. The van der Waals surface area contributed by atoms with E-state index in [0.29, 0.717) is 17.4 Å². The Morgan fingerprint density at radius 2 is 1.81 bits per heavy atom. The second kappa shape index (κ2) is 7.47. The van der Waals surface area contributed by atoms with Crippen molar-refractivity contribution in [3.05, 3.63) is 60.2 Å². The number of carbonyl (C=O) groups excluding carboxylic acids is 1. The molecule has 3 heterocycles. The lowest BCUT2D eigenvalue weighted by Gasteiger charge is -2.45. The van der Waals surface area contributed by atoms with Crippen molar-refractivity contribution in [1.29, 1.82) is 0 Å². The monoisotopic (exact) mass is 431 g/mol. The molecule has 0 spiro atoms. The summed E-state index contributed by atoms with van der Waals surface area (Å²) >= 11 is 0. The molecule has 1 unspecified atom stereocenters. The minimum absolute atomic E-state index is 0.136. The highest BCUT2D eigenvalue weighted by Gasteiger charge is 2.42. The Bertz CT molecular complexity index is 1200. The van der Waals surface area contributed by atoms with Crippen molar-refractivity contribution >= 4 is 23.4 Å². The average Bonchev–Trinajstić information content (AvgIpc) is 3.49. The van der Waals surface area contributed by atoms with Gasteiger partial charge in [-0.25, -0.2) is 4.79 Å². The zero-order chi connectivity index (χ0) is 22.6. The van der Waals surface area contributed by atoms with Crippen molar-refractivity contribution in [2.45, 2.75) is 51.7 Å². The highest BCUT2D eigenvalue weighted by molar-refractivity contribution is 6.03. The van der Waals surface area contributed by atoms with Gasteiger partial charge in [0, 0.05) is 30.6 Å². The highest BCUT2D eigenvalue weighted by atomic mass is 16.4. The molecule has 0 saturated heterocycles. The molecular formula is C24H25N5O3. The molecule has 1 saturated carbocycles. The van der Waals surface area contributed by atoms with Crippen LogP contribution in [0.2, 0.25) is 0 Å². The molecule has 8 nitrogen and oxygen atoms in total. The maximum Gasteiger partial charge on any atom is 0.412 e. The third-order valence-electron chi connectivity index (χ3n) is 6.31. The molecule has 1 N–H and O–H groups in total. The second-order valence-electron chi connectivity index (χ2n) is 8.60. The lowest BCUT2D eigenvalue weighted by molar-refractivity contribution is -0.117. The van der Waals surface area contributed by atoms with Gasteiger partial charge < -0.3 is 10.0 Å². The Labute approximate surface area is 186 Å². The number of anilines is 2. The molecule has 2 aliphatic rings. The summed E-state index contributed by atoms with van der Waals surface area (Å²) in [5.41, 5.74) is 4.44. The highest BCUT2D eigenvalue weighted by Crippen LogP contribution is 2.46. The van der Waals surface area contributed by atoms with Crippen LogP contribution in [0.15, 0.2) is 48.9 Å². The van der Waals surface area contributed by atoms with Gasteiger partial charge in [0.15, 0.2) is 0 Å². The van der Waals surface area contributed by atoms with Gasteiger partial charge in [0.2, 0.25) is 5.91 Å². The fourth-order valence-electron chi connectivity index (χ4n) is 4.61. The lowest BCUT2D eigenvalue weighted by atomic mass is 9.92. The van der Waals surface area contributed by atoms with E-state index in [2.05, 4.69) is 10.1 Å². The molecule has 1 aliphatic heterocycles. The summed E-state index contributed by atoms with van der Waals surface area (Å²) in [6, 6.07) is 8.81. The first-order valence-electron chi connectivity index (χ1n) is 10.8. The Kier molecular flexibility index (Phi) is 4.73. The fourth-order valence-corrected chi connectivity index (χ4v) is 4.61. The van der Waals surface area contributed by atoms with Gasteiger partial charge in [-0.05, 0) is 56.0 Å². The summed E-state index contributed by atoms with van der Waals surface area (Å²) in [5, 5.41) is 14.7. The Morgan fingerprint density at radius 3 is 2.44 bits per heavy atom. The topological polar surface area (TPSA) is 91.6 Å². The number of amides is 2. The van der Waals surface area contributed by atoms with Gasteiger partial charge >= 0.3 is 6.09 Å². The third-order valence-corrected chi connectivity index (χ3v) is 6.31. The number of benzene rings is 1. The van der Waals surface area contributed by atoms with E-state index < -0.39 is 18.2 Å². The van der Waals surface area contributed by atoms with Crippen LogP contribution in [0.3, 0.4) is 0 Å². The van der Waals surface area contributed by atoms with Crippen LogP contribution in [0.25, 0.3) is 11.1 Å². The van der Waals surface area contributed by atoms with Crippen molar-refractivity contribution < 1.29 is 14.7 Å².